The zero-order valence-electron chi connectivity index (χ0n) is 7.26. The van der Waals surface area contributed by atoms with Gasteiger partial charge in [0, 0.05) is 13.0 Å². The van der Waals surface area contributed by atoms with E-state index in [0.29, 0.717) is 12.3 Å². The van der Waals surface area contributed by atoms with Crippen LogP contribution in [0.1, 0.15) is 26.7 Å². The van der Waals surface area contributed by atoms with E-state index in [9.17, 15) is 0 Å². The predicted octanol–water partition coefficient (Wildman–Crippen LogP) is 1.96. The molecule has 1 aliphatic heterocycles. The fourth-order valence-electron chi connectivity index (χ4n) is 1.47. The summed E-state index contributed by atoms with van der Waals surface area (Å²) < 4.78 is 5.36. The largest absolute Gasteiger partial charge is 0.381 e. The maximum Gasteiger partial charge on any atom is 0.0621 e. The van der Waals surface area contributed by atoms with Gasteiger partial charge in [0.2, 0.25) is 0 Å². The number of ether oxygens (including phenoxy) is 1. The van der Waals surface area contributed by atoms with E-state index in [4.69, 9.17) is 10.00 Å². The van der Waals surface area contributed by atoms with Gasteiger partial charge >= 0.3 is 0 Å². The number of rotatable bonds is 2. The van der Waals surface area contributed by atoms with Crippen molar-refractivity contribution < 1.29 is 4.74 Å². The Labute approximate surface area is 68.2 Å². The van der Waals surface area contributed by atoms with Crippen molar-refractivity contribution in [1.29, 1.82) is 5.26 Å². The Morgan fingerprint density at radius 2 is 2.45 bits per heavy atom. The van der Waals surface area contributed by atoms with Gasteiger partial charge in [0.25, 0.3) is 0 Å². The van der Waals surface area contributed by atoms with Gasteiger partial charge in [0.05, 0.1) is 12.7 Å². The van der Waals surface area contributed by atoms with Crippen molar-refractivity contribution in [3.05, 3.63) is 0 Å². The van der Waals surface area contributed by atoms with Crippen LogP contribution in [0.4, 0.5) is 0 Å². The standard InChI is InChI=1S/C9H15NO/c1-8-6-11-7-9(8,2)4-3-5-10/h8H,3-4,6-7H2,1-2H3. The average Bonchev–Trinajstić information content (AvgIpc) is 2.30. The molecule has 1 saturated heterocycles. The van der Waals surface area contributed by atoms with Crippen LogP contribution in [-0.2, 0) is 4.74 Å². The maximum atomic E-state index is 8.44. The van der Waals surface area contributed by atoms with E-state index in [1.54, 1.807) is 0 Å². The molecule has 1 heterocycles. The molecule has 0 aromatic carbocycles. The molecule has 0 spiro atoms. The third-order valence-corrected chi connectivity index (χ3v) is 2.80. The molecule has 11 heavy (non-hydrogen) atoms. The molecule has 0 N–H and O–H groups in total. The Balaban J connectivity index is 2.45. The molecule has 1 aliphatic rings. The Morgan fingerprint density at radius 1 is 1.73 bits per heavy atom. The van der Waals surface area contributed by atoms with E-state index in [1.165, 1.54) is 0 Å². The first-order valence-corrected chi connectivity index (χ1v) is 4.14. The van der Waals surface area contributed by atoms with Crippen LogP contribution in [0.15, 0.2) is 0 Å². The van der Waals surface area contributed by atoms with Gasteiger partial charge in [-0.15, -0.1) is 0 Å². The molecule has 0 aliphatic carbocycles. The van der Waals surface area contributed by atoms with Crippen molar-refractivity contribution in [2.24, 2.45) is 11.3 Å². The number of hydrogen-bond acceptors (Lipinski definition) is 2. The summed E-state index contributed by atoms with van der Waals surface area (Å²) in [5.41, 5.74) is 0.260. The van der Waals surface area contributed by atoms with Gasteiger partial charge in [-0.25, -0.2) is 0 Å². The van der Waals surface area contributed by atoms with Crippen LogP contribution in [-0.4, -0.2) is 13.2 Å². The minimum Gasteiger partial charge on any atom is -0.381 e. The number of nitriles is 1. The zero-order chi connectivity index (χ0) is 8.32. The second-order valence-electron chi connectivity index (χ2n) is 3.73. The molecular weight excluding hydrogens is 138 g/mol. The van der Waals surface area contributed by atoms with Gasteiger partial charge in [0.15, 0.2) is 0 Å². The first-order chi connectivity index (χ1) is 5.19. The average molecular weight is 153 g/mol. The van der Waals surface area contributed by atoms with Gasteiger partial charge in [-0.2, -0.15) is 5.26 Å². The minimum absolute atomic E-state index is 0.260. The SMILES string of the molecule is CC1COCC1(C)CCC#N. The highest BCUT2D eigenvalue weighted by molar-refractivity contribution is 4.87. The van der Waals surface area contributed by atoms with E-state index in [-0.39, 0.29) is 5.41 Å². The molecule has 0 saturated carbocycles. The highest BCUT2D eigenvalue weighted by Gasteiger charge is 2.36. The predicted molar refractivity (Wildman–Crippen MR) is 42.9 cm³/mol. The lowest BCUT2D eigenvalue weighted by Crippen LogP contribution is -2.23. The van der Waals surface area contributed by atoms with Crippen LogP contribution in [0, 0.1) is 22.7 Å². The fourth-order valence-corrected chi connectivity index (χ4v) is 1.47. The minimum atomic E-state index is 0.260. The van der Waals surface area contributed by atoms with Crippen LogP contribution in [0.5, 0.6) is 0 Å². The molecule has 1 rings (SSSR count). The molecule has 2 nitrogen and oxygen atoms in total. The van der Waals surface area contributed by atoms with Crippen molar-refractivity contribution in [1.82, 2.24) is 0 Å². The summed E-state index contributed by atoms with van der Waals surface area (Å²) in [7, 11) is 0. The van der Waals surface area contributed by atoms with Crippen molar-refractivity contribution in [3.8, 4) is 6.07 Å². The number of hydrogen-bond donors (Lipinski definition) is 0. The smallest absolute Gasteiger partial charge is 0.0621 e. The van der Waals surface area contributed by atoms with Crippen LogP contribution in [0.2, 0.25) is 0 Å². The lowest BCUT2D eigenvalue weighted by Gasteiger charge is -2.25. The lowest BCUT2D eigenvalue weighted by molar-refractivity contribution is 0.155. The van der Waals surface area contributed by atoms with Crippen molar-refractivity contribution in [3.63, 3.8) is 0 Å². The molecule has 0 radical (unpaired) electrons. The number of nitrogens with zero attached hydrogens (tertiary/aromatic N) is 1. The molecule has 1 fully saturated rings. The third kappa shape index (κ3) is 1.72. The van der Waals surface area contributed by atoms with Crippen LogP contribution >= 0.6 is 0 Å². The van der Waals surface area contributed by atoms with Crippen LogP contribution in [0.25, 0.3) is 0 Å². The summed E-state index contributed by atoms with van der Waals surface area (Å²) in [6.07, 6.45) is 1.63. The Morgan fingerprint density at radius 3 is 2.91 bits per heavy atom. The van der Waals surface area contributed by atoms with Crippen LogP contribution in [0.3, 0.4) is 0 Å². The monoisotopic (exact) mass is 153 g/mol. The highest BCUT2D eigenvalue weighted by Crippen LogP contribution is 2.37. The van der Waals surface area contributed by atoms with E-state index < -0.39 is 0 Å². The van der Waals surface area contributed by atoms with Gasteiger partial charge in [-0.05, 0) is 17.8 Å². The first-order valence-electron chi connectivity index (χ1n) is 4.14. The van der Waals surface area contributed by atoms with E-state index in [2.05, 4.69) is 19.9 Å². The zero-order valence-corrected chi connectivity index (χ0v) is 7.26. The van der Waals surface area contributed by atoms with E-state index in [0.717, 1.165) is 19.6 Å². The highest BCUT2D eigenvalue weighted by atomic mass is 16.5. The normalized spacial score (nSPS) is 37.0. The molecule has 62 valence electrons. The summed E-state index contributed by atoms with van der Waals surface area (Å²) in [6, 6.07) is 2.18. The molecule has 2 atom stereocenters. The molecule has 0 amide bonds. The second-order valence-corrected chi connectivity index (χ2v) is 3.73. The van der Waals surface area contributed by atoms with Gasteiger partial charge in [-0.1, -0.05) is 13.8 Å². The fraction of sp³-hybridized carbons (Fsp3) is 0.889. The Bertz CT molecular complexity index is 173. The summed E-state index contributed by atoms with van der Waals surface area (Å²) in [6.45, 7) is 6.10. The molecule has 0 bridgehead atoms. The Hall–Kier alpha value is -0.550. The van der Waals surface area contributed by atoms with E-state index >= 15 is 0 Å². The van der Waals surface area contributed by atoms with Crippen molar-refractivity contribution in [2.45, 2.75) is 26.7 Å². The molecule has 2 unspecified atom stereocenters. The maximum absolute atomic E-state index is 8.44. The third-order valence-electron chi connectivity index (χ3n) is 2.80. The van der Waals surface area contributed by atoms with Gasteiger partial charge < -0.3 is 4.74 Å². The Kier molecular flexibility index (Phi) is 2.51. The van der Waals surface area contributed by atoms with Crippen molar-refractivity contribution in [2.75, 3.05) is 13.2 Å². The van der Waals surface area contributed by atoms with E-state index in [1.807, 2.05) is 0 Å². The summed E-state index contributed by atoms with van der Waals surface area (Å²) >= 11 is 0. The van der Waals surface area contributed by atoms with Crippen molar-refractivity contribution >= 4 is 0 Å². The first kappa shape index (κ1) is 8.55. The summed E-state index contributed by atoms with van der Waals surface area (Å²) in [4.78, 5) is 0. The van der Waals surface area contributed by atoms with Gasteiger partial charge in [-0.3, -0.25) is 0 Å². The molecule has 2 heteroatoms. The molecule has 0 aromatic heterocycles. The van der Waals surface area contributed by atoms with Gasteiger partial charge in [0.1, 0.15) is 0 Å². The lowest BCUT2D eigenvalue weighted by atomic mass is 9.77. The molecule has 0 aromatic rings. The van der Waals surface area contributed by atoms with Crippen LogP contribution < -0.4 is 0 Å². The summed E-state index contributed by atoms with van der Waals surface area (Å²) in [5.74, 6) is 0.607. The second kappa shape index (κ2) is 3.23. The topological polar surface area (TPSA) is 33.0 Å². The quantitative estimate of drug-likeness (QED) is 0.607. The summed E-state index contributed by atoms with van der Waals surface area (Å²) in [5, 5.41) is 8.44. The molecular formula is C9H15NO.